The Bertz CT molecular complexity index is 365. The Kier molecular flexibility index (Phi) is 5.49. The second-order valence-corrected chi connectivity index (χ2v) is 3.82. The maximum atomic E-state index is 11.8. The topological polar surface area (TPSA) is 47.6 Å². The molecule has 0 saturated carbocycles. The number of amides is 1. The summed E-state index contributed by atoms with van der Waals surface area (Å²) < 4.78 is 10.2. The Morgan fingerprint density at radius 3 is 2.82 bits per heavy atom. The van der Waals surface area contributed by atoms with Gasteiger partial charge in [-0.05, 0) is 31.5 Å². The Morgan fingerprint density at radius 1 is 1.41 bits per heavy atom. The molecule has 0 radical (unpaired) electrons. The highest BCUT2D eigenvalue weighted by molar-refractivity contribution is 5.94. The zero-order valence-electron chi connectivity index (χ0n) is 10.5. The number of carbonyl (C=O) groups excluding carboxylic acids is 1. The van der Waals surface area contributed by atoms with E-state index in [9.17, 15) is 4.79 Å². The molecule has 0 aromatic heterocycles. The standard InChI is InChI=1S/C13H19NO3/c1-10(16-2)7-8-14-13(15)11-5-4-6-12(9-11)17-3/h4-6,9-10H,7-8H2,1-3H3,(H,14,15). The lowest BCUT2D eigenvalue weighted by Gasteiger charge is -2.10. The Balaban J connectivity index is 2.46. The SMILES string of the molecule is COc1cccc(C(=O)NCCC(C)OC)c1. The summed E-state index contributed by atoms with van der Waals surface area (Å²) in [6, 6.07) is 7.09. The molecular weight excluding hydrogens is 218 g/mol. The number of ether oxygens (including phenoxy) is 2. The summed E-state index contributed by atoms with van der Waals surface area (Å²) in [6.07, 6.45) is 0.951. The van der Waals surface area contributed by atoms with Crippen LogP contribution in [-0.2, 0) is 4.74 Å². The van der Waals surface area contributed by atoms with Crippen LogP contribution in [0.1, 0.15) is 23.7 Å². The fourth-order valence-electron chi connectivity index (χ4n) is 1.37. The van der Waals surface area contributed by atoms with Crippen molar-refractivity contribution >= 4 is 5.91 Å². The molecule has 4 heteroatoms. The average Bonchev–Trinajstić information content (AvgIpc) is 2.38. The smallest absolute Gasteiger partial charge is 0.251 e. The van der Waals surface area contributed by atoms with Crippen LogP contribution in [0.3, 0.4) is 0 Å². The van der Waals surface area contributed by atoms with E-state index in [1.165, 1.54) is 0 Å². The molecule has 4 nitrogen and oxygen atoms in total. The van der Waals surface area contributed by atoms with E-state index in [2.05, 4.69) is 5.32 Å². The van der Waals surface area contributed by atoms with Gasteiger partial charge in [0.05, 0.1) is 13.2 Å². The van der Waals surface area contributed by atoms with Gasteiger partial charge in [-0.15, -0.1) is 0 Å². The summed E-state index contributed by atoms with van der Waals surface area (Å²) in [6.45, 7) is 2.57. The average molecular weight is 237 g/mol. The molecule has 1 rings (SSSR count). The molecule has 94 valence electrons. The number of nitrogens with one attached hydrogen (secondary N) is 1. The van der Waals surface area contributed by atoms with Crippen molar-refractivity contribution in [2.75, 3.05) is 20.8 Å². The van der Waals surface area contributed by atoms with Crippen LogP contribution in [0, 0.1) is 0 Å². The number of hydrogen-bond donors (Lipinski definition) is 1. The van der Waals surface area contributed by atoms with Crippen LogP contribution in [0.2, 0.25) is 0 Å². The molecule has 0 heterocycles. The van der Waals surface area contributed by atoms with E-state index in [-0.39, 0.29) is 12.0 Å². The minimum Gasteiger partial charge on any atom is -0.497 e. The molecule has 1 aromatic carbocycles. The van der Waals surface area contributed by atoms with Crippen molar-refractivity contribution in [3.8, 4) is 5.75 Å². The second-order valence-electron chi connectivity index (χ2n) is 3.82. The van der Waals surface area contributed by atoms with Crippen LogP contribution >= 0.6 is 0 Å². The lowest BCUT2D eigenvalue weighted by molar-refractivity contribution is 0.0917. The highest BCUT2D eigenvalue weighted by Crippen LogP contribution is 2.12. The number of carbonyl (C=O) groups is 1. The third-order valence-electron chi connectivity index (χ3n) is 2.57. The molecule has 0 aliphatic rings. The number of methoxy groups -OCH3 is 2. The van der Waals surface area contributed by atoms with Crippen LogP contribution in [0.5, 0.6) is 5.75 Å². The zero-order valence-corrected chi connectivity index (χ0v) is 10.5. The summed E-state index contributed by atoms with van der Waals surface area (Å²) >= 11 is 0. The maximum Gasteiger partial charge on any atom is 0.251 e. The van der Waals surface area contributed by atoms with E-state index in [1.54, 1.807) is 32.4 Å². The van der Waals surface area contributed by atoms with Crippen molar-refractivity contribution in [1.82, 2.24) is 5.32 Å². The summed E-state index contributed by atoms with van der Waals surface area (Å²) in [5.41, 5.74) is 0.606. The number of hydrogen-bond acceptors (Lipinski definition) is 3. The van der Waals surface area contributed by atoms with Crippen molar-refractivity contribution in [3.05, 3.63) is 29.8 Å². The van der Waals surface area contributed by atoms with E-state index < -0.39 is 0 Å². The van der Waals surface area contributed by atoms with Crippen molar-refractivity contribution in [2.24, 2.45) is 0 Å². The van der Waals surface area contributed by atoms with Gasteiger partial charge >= 0.3 is 0 Å². The molecule has 17 heavy (non-hydrogen) atoms. The second kappa shape index (κ2) is 6.91. The van der Waals surface area contributed by atoms with Gasteiger partial charge in [-0.2, -0.15) is 0 Å². The summed E-state index contributed by atoms with van der Waals surface area (Å²) in [4.78, 5) is 11.8. The molecule has 0 saturated heterocycles. The van der Waals surface area contributed by atoms with Crippen LogP contribution < -0.4 is 10.1 Å². The van der Waals surface area contributed by atoms with Gasteiger partial charge in [-0.3, -0.25) is 4.79 Å². The van der Waals surface area contributed by atoms with Crippen molar-refractivity contribution in [1.29, 1.82) is 0 Å². The molecule has 0 fully saturated rings. The van der Waals surface area contributed by atoms with Crippen molar-refractivity contribution in [3.63, 3.8) is 0 Å². The predicted octanol–water partition coefficient (Wildman–Crippen LogP) is 1.85. The van der Waals surface area contributed by atoms with Gasteiger partial charge in [-0.1, -0.05) is 6.07 Å². The summed E-state index contributed by atoms with van der Waals surface area (Å²) in [5.74, 6) is 0.593. The number of rotatable bonds is 6. The summed E-state index contributed by atoms with van der Waals surface area (Å²) in [7, 11) is 3.24. The van der Waals surface area contributed by atoms with Gasteiger partial charge in [0.2, 0.25) is 0 Å². The lowest BCUT2D eigenvalue weighted by atomic mass is 10.2. The molecule has 0 bridgehead atoms. The van der Waals surface area contributed by atoms with Crippen molar-refractivity contribution < 1.29 is 14.3 Å². The quantitative estimate of drug-likeness (QED) is 0.821. The van der Waals surface area contributed by atoms with E-state index in [0.29, 0.717) is 17.9 Å². The third-order valence-corrected chi connectivity index (χ3v) is 2.57. The van der Waals surface area contributed by atoms with Gasteiger partial charge in [0.1, 0.15) is 5.75 Å². The number of benzene rings is 1. The van der Waals surface area contributed by atoms with Gasteiger partial charge in [0.25, 0.3) is 5.91 Å². The molecule has 1 amide bonds. The fourth-order valence-corrected chi connectivity index (χ4v) is 1.37. The highest BCUT2D eigenvalue weighted by Gasteiger charge is 2.06. The Hall–Kier alpha value is -1.55. The Labute approximate surface area is 102 Å². The molecule has 1 N–H and O–H groups in total. The minimum absolute atomic E-state index is 0.0906. The molecule has 0 spiro atoms. The largest absolute Gasteiger partial charge is 0.497 e. The molecule has 0 aliphatic heterocycles. The molecular formula is C13H19NO3. The molecule has 1 atom stereocenters. The molecule has 1 unspecified atom stereocenters. The van der Waals surface area contributed by atoms with Crippen molar-refractivity contribution in [2.45, 2.75) is 19.4 Å². The van der Waals surface area contributed by atoms with E-state index >= 15 is 0 Å². The van der Waals surface area contributed by atoms with E-state index in [4.69, 9.17) is 9.47 Å². The first-order chi connectivity index (χ1) is 8.17. The highest BCUT2D eigenvalue weighted by atomic mass is 16.5. The fraction of sp³-hybridized carbons (Fsp3) is 0.462. The molecule has 1 aromatic rings. The van der Waals surface area contributed by atoms with Gasteiger partial charge in [0.15, 0.2) is 0 Å². The maximum absolute atomic E-state index is 11.8. The van der Waals surface area contributed by atoms with Crippen LogP contribution in [0.25, 0.3) is 0 Å². The van der Waals surface area contributed by atoms with Gasteiger partial charge < -0.3 is 14.8 Å². The third kappa shape index (κ3) is 4.44. The van der Waals surface area contributed by atoms with E-state index in [1.807, 2.05) is 13.0 Å². The first-order valence-corrected chi connectivity index (χ1v) is 5.62. The minimum atomic E-state index is -0.0906. The monoisotopic (exact) mass is 237 g/mol. The predicted molar refractivity (Wildman–Crippen MR) is 66.4 cm³/mol. The lowest BCUT2D eigenvalue weighted by Crippen LogP contribution is -2.26. The van der Waals surface area contributed by atoms with Crippen LogP contribution in [-0.4, -0.2) is 32.8 Å². The van der Waals surface area contributed by atoms with Gasteiger partial charge in [0, 0.05) is 19.2 Å². The van der Waals surface area contributed by atoms with E-state index in [0.717, 1.165) is 6.42 Å². The van der Waals surface area contributed by atoms with Crippen LogP contribution in [0.4, 0.5) is 0 Å². The molecule has 0 aliphatic carbocycles. The zero-order chi connectivity index (χ0) is 12.7. The summed E-state index contributed by atoms with van der Waals surface area (Å²) in [5, 5.41) is 2.84. The normalized spacial score (nSPS) is 11.9. The Morgan fingerprint density at radius 2 is 2.18 bits per heavy atom. The van der Waals surface area contributed by atoms with Gasteiger partial charge in [-0.25, -0.2) is 0 Å². The van der Waals surface area contributed by atoms with Crippen LogP contribution in [0.15, 0.2) is 24.3 Å². The first-order valence-electron chi connectivity index (χ1n) is 5.62. The first kappa shape index (κ1) is 13.5.